The minimum atomic E-state index is -0.0805. The van der Waals surface area contributed by atoms with Crippen molar-refractivity contribution in [2.45, 2.75) is 56.3 Å². The highest BCUT2D eigenvalue weighted by Gasteiger charge is 2.43. The van der Waals surface area contributed by atoms with E-state index in [1.54, 1.807) is 11.8 Å². The van der Waals surface area contributed by atoms with Gasteiger partial charge in [-0.15, -0.1) is 11.8 Å². The molecule has 1 aromatic rings. The highest BCUT2D eigenvalue weighted by molar-refractivity contribution is 7.98. The zero-order chi connectivity index (χ0) is 15.0. The zero-order valence-electron chi connectivity index (χ0n) is 13.0. The Morgan fingerprint density at radius 3 is 2.48 bits per heavy atom. The van der Waals surface area contributed by atoms with Crippen molar-refractivity contribution < 1.29 is 4.79 Å². The van der Waals surface area contributed by atoms with Crippen molar-refractivity contribution in [3.63, 3.8) is 0 Å². The molecular formula is C17H24N2OS. The van der Waals surface area contributed by atoms with Crippen molar-refractivity contribution >= 4 is 17.7 Å². The van der Waals surface area contributed by atoms with Crippen molar-refractivity contribution in [2.24, 2.45) is 5.92 Å². The summed E-state index contributed by atoms with van der Waals surface area (Å²) in [6, 6.07) is 8.91. The van der Waals surface area contributed by atoms with Gasteiger partial charge in [0.1, 0.15) is 6.17 Å². The standard InChI is InChI=1S/C17H24N2OS/c1-11-5-4-6-15(11)19-16(18-12(2)17(19)20)13-7-9-14(21-3)10-8-13/h7-12,15-16,18H,4-6H2,1-3H3. The predicted molar refractivity (Wildman–Crippen MR) is 87.2 cm³/mol. The molecule has 21 heavy (non-hydrogen) atoms. The lowest BCUT2D eigenvalue weighted by atomic mass is 10.0. The molecule has 0 aromatic heterocycles. The Morgan fingerprint density at radius 2 is 1.90 bits per heavy atom. The van der Waals surface area contributed by atoms with Crippen LogP contribution in [-0.4, -0.2) is 29.1 Å². The molecule has 2 fully saturated rings. The van der Waals surface area contributed by atoms with Crippen LogP contribution in [0.1, 0.15) is 44.8 Å². The van der Waals surface area contributed by atoms with Crippen molar-refractivity contribution in [1.82, 2.24) is 10.2 Å². The molecule has 4 unspecified atom stereocenters. The first-order valence-electron chi connectivity index (χ1n) is 7.84. The van der Waals surface area contributed by atoms with Gasteiger partial charge in [0.25, 0.3) is 0 Å². The smallest absolute Gasteiger partial charge is 0.241 e. The average molecular weight is 304 g/mol. The summed E-state index contributed by atoms with van der Waals surface area (Å²) >= 11 is 1.75. The molecule has 0 spiro atoms. The Labute approximate surface area is 131 Å². The van der Waals surface area contributed by atoms with Gasteiger partial charge in [-0.05, 0) is 49.6 Å². The Bertz CT molecular complexity index is 516. The molecule has 1 N–H and O–H groups in total. The third-order valence-electron chi connectivity index (χ3n) is 4.92. The molecular weight excluding hydrogens is 280 g/mol. The average Bonchev–Trinajstić information content (AvgIpc) is 3.03. The van der Waals surface area contributed by atoms with Crippen LogP contribution in [0, 0.1) is 5.92 Å². The topological polar surface area (TPSA) is 32.3 Å². The summed E-state index contributed by atoms with van der Waals surface area (Å²) in [5, 5.41) is 3.47. The molecule has 3 rings (SSSR count). The molecule has 2 aliphatic rings. The number of thioether (sulfide) groups is 1. The second-order valence-electron chi connectivity index (χ2n) is 6.29. The van der Waals surface area contributed by atoms with Crippen molar-refractivity contribution in [1.29, 1.82) is 0 Å². The van der Waals surface area contributed by atoms with E-state index in [2.05, 4.69) is 47.7 Å². The number of rotatable bonds is 3. The van der Waals surface area contributed by atoms with Crippen LogP contribution >= 0.6 is 11.8 Å². The van der Waals surface area contributed by atoms with Crippen molar-refractivity contribution in [3.05, 3.63) is 29.8 Å². The molecule has 0 radical (unpaired) electrons. The summed E-state index contributed by atoms with van der Waals surface area (Å²) in [6.45, 7) is 4.26. The molecule has 1 aliphatic heterocycles. The van der Waals surface area contributed by atoms with E-state index >= 15 is 0 Å². The van der Waals surface area contributed by atoms with E-state index in [4.69, 9.17) is 0 Å². The molecule has 0 bridgehead atoms. The lowest BCUT2D eigenvalue weighted by Crippen LogP contribution is -2.41. The van der Waals surface area contributed by atoms with Gasteiger partial charge >= 0.3 is 0 Å². The summed E-state index contributed by atoms with van der Waals surface area (Å²) in [7, 11) is 0. The highest BCUT2D eigenvalue weighted by atomic mass is 32.2. The van der Waals surface area contributed by atoms with Crippen LogP contribution < -0.4 is 5.32 Å². The third-order valence-corrected chi connectivity index (χ3v) is 5.66. The van der Waals surface area contributed by atoms with Crippen LogP contribution in [0.2, 0.25) is 0 Å². The van der Waals surface area contributed by atoms with Gasteiger partial charge in [0.05, 0.1) is 6.04 Å². The number of amides is 1. The van der Waals surface area contributed by atoms with Crippen molar-refractivity contribution in [2.75, 3.05) is 6.26 Å². The van der Waals surface area contributed by atoms with Crippen LogP contribution in [-0.2, 0) is 4.79 Å². The Hall–Kier alpha value is -1.00. The maximum absolute atomic E-state index is 12.6. The normalized spacial score (nSPS) is 32.9. The SMILES string of the molecule is CSc1ccc(C2NC(C)C(=O)N2C2CCCC2C)cc1. The summed E-state index contributed by atoms with van der Waals surface area (Å²) in [5.74, 6) is 0.863. The Balaban J connectivity index is 1.89. The van der Waals surface area contributed by atoms with Crippen LogP contribution in [0.15, 0.2) is 29.2 Å². The molecule has 114 valence electrons. The van der Waals surface area contributed by atoms with Gasteiger partial charge in [0.2, 0.25) is 5.91 Å². The molecule has 1 amide bonds. The van der Waals surface area contributed by atoms with E-state index in [1.165, 1.54) is 23.3 Å². The summed E-state index contributed by atoms with van der Waals surface area (Å²) < 4.78 is 0. The van der Waals surface area contributed by atoms with Crippen LogP contribution in [0.3, 0.4) is 0 Å². The maximum atomic E-state index is 12.6. The van der Waals surface area contributed by atoms with Gasteiger partial charge in [-0.1, -0.05) is 25.5 Å². The first-order valence-corrected chi connectivity index (χ1v) is 9.06. The largest absolute Gasteiger partial charge is 0.318 e. The number of carbonyl (C=O) groups excluding carboxylic acids is 1. The van der Waals surface area contributed by atoms with E-state index in [-0.39, 0.29) is 18.1 Å². The van der Waals surface area contributed by atoms with E-state index in [1.807, 2.05) is 6.92 Å². The molecule has 1 heterocycles. The Morgan fingerprint density at radius 1 is 1.19 bits per heavy atom. The monoisotopic (exact) mass is 304 g/mol. The molecule has 1 aromatic carbocycles. The second kappa shape index (κ2) is 6.01. The quantitative estimate of drug-likeness (QED) is 0.869. The second-order valence-corrected chi connectivity index (χ2v) is 7.16. The lowest BCUT2D eigenvalue weighted by molar-refractivity contribution is -0.132. The minimum absolute atomic E-state index is 0.0361. The van der Waals surface area contributed by atoms with Crippen LogP contribution in [0.4, 0.5) is 0 Å². The first kappa shape index (κ1) is 14.9. The fourth-order valence-corrected chi connectivity index (χ4v) is 4.08. The first-order chi connectivity index (χ1) is 10.1. The van der Waals surface area contributed by atoms with Crippen LogP contribution in [0.5, 0.6) is 0 Å². The van der Waals surface area contributed by atoms with E-state index in [9.17, 15) is 4.79 Å². The van der Waals surface area contributed by atoms with E-state index in [0.29, 0.717) is 12.0 Å². The number of hydrogen-bond acceptors (Lipinski definition) is 3. The molecule has 3 nitrogen and oxygen atoms in total. The highest BCUT2D eigenvalue weighted by Crippen LogP contribution is 2.37. The van der Waals surface area contributed by atoms with Gasteiger partial charge < -0.3 is 4.90 Å². The third kappa shape index (κ3) is 2.71. The van der Waals surface area contributed by atoms with Gasteiger partial charge in [0, 0.05) is 10.9 Å². The number of benzene rings is 1. The lowest BCUT2D eigenvalue weighted by Gasteiger charge is -2.33. The molecule has 4 atom stereocenters. The van der Waals surface area contributed by atoms with E-state index < -0.39 is 0 Å². The fourth-order valence-electron chi connectivity index (χ4n) is 3.68. The Kier molecular flexibility index (Phi) is 4.27. The van der Waals surface area contributed by atoms with Crippen molar-refractivity contribution in [3.8, 4) is 0 Å². The number of hydrogen-bond donors (Lipinski definition) is 1. The molecule has 4 heteroatoms. The maximum Gasteiger partial charge on any atom is 0.241 e. The number of nitrogens with one attached hydrogen (secondary N) is 1. The number of nitrogens with zero attached hydrogens (tertiary/aromatic N) is 1. The minimum Gasteiger partial charge on any atom is -0.318 e. The van der Waals surface area contributed by atoms with Gasteiger partial charge in [-0.25, -0.2) is 0 Å². The molecule has 1 aliphatic carbocycles. The van der Waals surface area contributed by atoms with Gasteiger partial charge in [-0.3, -0.25) is 10.1 Å². The summed E-state index contributed by atoms with van der Waals surface area (Å²) in [5.41, 5.74) is 1.20. The fraction of sp³-hybridized carbons (Fsp3) is 0.588. The summed E-state index contributed by atoms with van der Waals surface area (Å²) in [4.78, 5) is 16.0. The predicted octanol–water partition coefficient (Wildman–Crippen LogP) is 3.42. The molecule has 1 saturated heterocycles. The number of carbonyl (C=O) groups is 1. The van der Waals surface area contributed by atoms with Crippen LogP contribution in [0.25, 0.3) is 0 Å². The van der Waals surface area contributed by atoms with Gasteiger partial charge in [0.15, 0.2) is 0 Å². The van der Waals surface area contributed by atoms with E-state index in [0.717, 1.165) is 6.42 Å². The van der Waals surface area contributed by atoms with Gasteiger partial charge in [-0.2, -0.15) is 0 Å². The molecule has 1 saturated carbocycles. The summed E-state index contributed by atoms with van der Waals surface area (Å²) in [6.07, 6.45) is 5.74. The zero-order valence-corrected chi connectivity index (χ0v) is 13.8.